The fourth-order valence-corrected chi connectivity index (χ4v) is 3.31. The zero-order valence-electron chi connectivity index (χ0n) is 17.5. The van der Waals surface area contributed by atoms with Crippen LogP contribution in [0, 0.1) is 12.7 Å². The third-order valence-corrected chi connectivity index (χ3v) is 4.86. The molecule has 0 saturated heterocycles. The van der Waals surface area contributed by atoms with Gasteiger partial charge in [0.05, 0.1) is 12.2 Å². The molecule has 1 aromatic heterocycles. The number of carbonyl (C=O) groups excluding carboxylic acids is 3. The van der Waals surface area contributed by atoms with Crippen LogP contribution in [0.2, 0.25) is 0 Å². The van der Waals surface area contributed by atoms with E-state index in [4.69, 9.17) is 4.74 Å². The molecule has 1 amide bonds. The van der Waals surface area contributed by atoms with Crippen LogP contribution in [0.1, 0.15) is 46.0 Å². The van der Waals surface area contributed by atoms with Gasteiger partial charge in [0.2, 0.25) is 0 Å². The summed E-state index contributed by atoms with van der Waals surface area (Å²) < 4.78 is 19.7. The molecule has 0 atom stereocenters. The number of anilines is 1. The molecule has 3 aromatic rings. The number of hydrogen-bond donors (Lipinski definition) is 2. The highest BCUT2D eigenvalue weighted by atomic mass is 19.1. The van der Waals surface area contributed by atoms with E-state index in [1.807, 2.05) is 19.1 Å². The molecule has 0 aliphatic heterocycles. The molecular weight excluding hydrogens is 399 g/mol. The predicted molar refractivity (Wildman–Crippen MR) is 116 cm³/mol. The van der Waals surface area contributed by atoms with Gasteiger partial charge in [0, 0.05) is 22.5 Å². The quantitative estimate of drug-likeness (QED) is 0.328. The van der Waals surface area contributed by atoms with E-state index in [2.05, 4.69) is 10.3 Å². The van der Waals surface area contributed by atoms with Gasteiger partial charge in [-0.25, -0.2) is 9.18 Å². The van der Waals surface area contributed by atoms with E-state index in [0.717, 1.165) is 12.0 Å². The second-order valence-electron chi connectivity index (χ2n) is 6.91. The number of carbonyl (C=O) groups is 3. The largest absolute Gasteiger partial charge is 0.462 e. The summed E-state index contributed by atoms with van der Waals surface area (Å²) in [5, 5.41) is 2.55. The second-order valence-corrected chi connectivity index (χ2v) is 6.91. The smallest absolute Gasteiger partial charge is 0.340 e. The summed E-state index contributed by atoms with van der Waals surface area (Å²) in [4.78, 5) is 41.0. The summed E-state index contributed by atoms with van der Waals surface area (Å²) in [6.07, 6.45) is 0.845. The number of Topliss-reactive ketones (excluding diaryl/α,β-unsaturated/α-hetero) is 1. The summed E-state index contributed by atoms with van der Waals surface area (Å²) in [7, 11) is 0. The number of rotatable bonds is 7. The molecule has 160 valence electrons. The van der Waals surface area contributed by atoms with Crippen molar-refractivity contribution >= 4 is 23.3 Å². The normalized spacial score (nSPS) is 10.6. The van der Waals surface area contributed by atoms with Crippen LogP contribution in [0.4, 0.5) is 10.1 Å². The van der Waals surface area contributed by atoms with E-state index in [1.165, 1.54) is 18.2 Å². The number of esters is 1. The average Bonchev–Trinajstić information content (AvgIpc) is 3.11. The van der Waals surface area contributed by atoms with Crippen molar-refractivity contribution in [1.82, 2.24) is 4.98 Å². The molecule has 6 nitrogen and oxygen atoms in total. The summed E-state index contributed by atoms with van der Waals surface area (Å²) in [6.45, 7) is 5.33. The summed E-state index contributed by atoms with van der Waals surface area (Å²) >= 11 is 0. The standard InChI is InChI=1S/C24H23FN2O4/c1-4-15-10-12-16(13-11-15)27-23(29)22(28)21-20(17-8-6-7-9-18(17)25)19(14(3)26-21)24(30)31-5-2/h6-13,26H,4-5H2,1-3H3,(H,27,29). The molecule has 0 spiro atoms. The number of benzene rings is 2. The van der Waals surface area contributed by atoms with Crippen LogP contribution in [-0.4, -0.2) is 29.3 Å². The van der Waals surface area contributed by atoms with Gasteiger partial charge < -0.3 is 15.0 Å². The van der Waals surface area contributed by atoms with Gasteiger partial charge in [-0.2, -0.15) is 0 Å². The van der Waals surface area contributed by atoms with Crippen molar-refractivity contribution in [2.75, 3.05) is 11.9 Å². The van der Waals surface area contributed by atoms with E-state index >= 15 is 0 Å². The fourth-order valence-electron chi connectivity index (χ4n) is 3.31. The van der Waals surface area contributed by atoms with Gasteiger partial charge in [-0.15, -0.1) is 0 Å². The van der Waals surface area contributed by atoms with E-state index in [0.29, 0.717) is 11.4 Å². The number of halogens is 1. The minimum Gasteiger partial charge on any atom is -0.462 e. The number of ketones is 1. The van der Waals surface area contributed by atoms with E-state index in [1.54, 1.807) is 32.0 Å². The lowest BCUT2D eigenvalue weighted by Crippen LogP contribution is -2.24. The van der Waals surface area contributed by atoms with Crippen LogP contribution in [0.3, 0.4) is 0 Å². The molecule has 7 heteroatoms. The Morgan fingerprint density at radius 2 is 1.71 bits per heavy atom. The SMILES string of the molecule is CCOC(=O)c1c(C)[nH]c(C(=O)C(=O)Nc2ccc(CC)cc2)c1-c1ccccc1F. The van der Waals surface area contributed by atoms with Gasteiger partial charge in [-0.3, -0.25) is 9.59 Å². The minimum absolute atomic E-state index is 0.00975. The highest BCUT2D eigenvalue weighted by Gasteiger charge is 2.31. The first kappa shape index (κ1) is 22.0. The Kier molecular flexibility index (Phi) is 6.65. The zero-order chi connectivity index (χ0) is 22.5. The molecule has 0 saturated carbocycles. The molecule has 3 rings (SSSR count). The van der Waals surface area contributed by atoms with Crippen molar-refractivity contribution < 1.29 is 23.5 Å². The van der Waals surface area contributed by atoms with Crippen LogP contribution in [-0.2, 0) is 16.0 Å². The van der Waals surface area contributed by atoms with Gasteiger partial charge in [0.1, 0.15) is 11.5 Å². The molecule has 2 aromatic carbocycles. The van der Waals surface area contributed by atoms with E-state index in [9.17, 15) is 18.8 Å². The Morgan fingerprint density at radius 3 is 2.32 bits per heavy atom. The van der Waals surface area contributed by atoms with Crippen LogP contribution in [0.15, 0.2) is 48.5 Å². The van der Waals surface area contributed by atoms with Gasteiger partial charge in [-0.05, 0) is 44.0 Å². The van der Waals surface area contributed by atoms with Crippen molar-refractivity contribution in [3.63, 3.8) is 0 Å². The highest BCUT2D eigenvalue weighted by molar-refractivity contribution is 6.47. The second kappa shape index (κ2) is 9.38. The van der Waals surface area contributed by atoms with Gasteiger partial charge in [0.25, 0.3) is 11.7 Å². The first-order valence-corrected chi connectivity index (χ1v) is 9.96. The van der Waals surface area contributed by atoms with Crippen molar-refractivity contribution in [1.29, 1.82) is 0 Å². The third kappa shape index (κ3) is 4.55. The van der Waals surface area contributed by atoms with Gasteiger partial charge in [0.15, 0.2) is 0 Å². The van der Waals surface area contributed by atoms with Crippen molar-refractivity contribution in [2.24, 2.45) is 0 Å². The number of aromatic nitrogens is 1. The topological polar surface area (TPSA) is 88.3 Å². The summed E-state index contributed by atoms with van der Waals surface area (Å²) in [5.74, 6) is -3.16. The maximum Gasteiger partial charge on any atom is 0.340 e. The summed E-state index contributed by atoms with van der Waals surface area (Å²) in [5.41, 5.74) is 1.74. The lowest BCUT2D eigenvalue weighted by Gasteiger charge is -2.09. The van der Waals surface area contributed by atoms with Crippen molar-refractivity contribution in [2.45, 2.75) is 27.2 Å². The molecule has 1 heterocycles. The number of ether oxygens (including phenoxy) is 1. The molecule has 2 N–H and O–H groups in total. The first-order valence-electron chi connectivity index (χ1n) is 9.96. The predicted octanol–water partition coefficient (Wildman–Crippen LogP) is 4.69. The Hall–Kier alpha value is -3.74. The monoisotopic (exact) mass is 422 g/mol. The number of aromatic amines is 1. The lowest BCUT2D eigenvalue weighted by molar-refractivity contribution is -0.112. The van der Waals surface area contributed by atoms with Gasteiger partial charge in [-0.1, -0.05) is 37.3 Å². The maximum absolute atomic E-state index is 14.6. The number of H-pyrrole nitrogens is 1. The Balaban J connectivity index is 2.04. The first-order chi connectivity index (χ1) is 14.9. The minimum atomic E-state index is -0.920. The third-order valence-electron chi connectivity index (χ3n) is 4.86. The molecule has 0 radical (unpaired) electrons. The number of amides is 1. The maximum atomic E-state index is 14.6. The molecule has 0 aliphatic carbocycles. The Morgan fingerprint density at radius 1 is 1.03 bits per heavy atom. The van der Waals surface area contributed by atoms with Crippen LogP contribution in [0.25, 0.3) is 11.1 Å². The Labute approximate surface area is 179 Å². The fraction of sp³-hybridized carbons (Fsp3) is 0.208. The van der Waals surface area contributed by atoms with E-state index < -0.39 is 23.5 Å². The molecule has 0 fully saturated rings. The number of hydrogen-bond acceptors (Lipinski definition) is 4. The zero-order valence-corrected chi connectivity index (χ0v) is 17.5. The molecule has 0 bridgehead atoms. The summed E-state index contributed by atoms with van der Waals surface area (Å²) in [6, 6.07) is 12.8. The van der Waals surface area contributed by atoms with Crippen molar-refractivity contribution in [3.8, 4) is 11.1 Å². The van der Waals surface area contributed by atoms with E-state index in [-0.39, 0.29) is 29.0 Å². The van der Waals surface area contributed by atoms with Gasteiger partial charge >= 0.3 is 5.97 Å². The average molecular weight is 422 g/mol. The molecule has 0 unspecified atom stereocenters. The number of nitrogens with one attached hydrogen (secondary N) is 2. The van der Waals surface area contributed by atoms with Crippen molar-refractivity contribution in [3.05, 3.63) is 76.9 Å². The molecular formula is C24H23FN2O4. The lowest BCUT2D eigenvalue weighted by atomic mass is 9.97. The van der Waals surface area contributed by atoms with Crippen LogP contribution < -0.4 is 5.32 Å². The molecule has 31 heavy (non-hydrogen) atoms. The molecule has 0 aliphatic rings. The van der Waals surface area contributed by atoms with Crippen LogP contribution in [0.5, 0.6) is 0 Å². The Bertz CT molecular complexity index is 1130. The highest BCUT2D eigenvalue weighted by Crippen LogP contribution is 2.33. The van der Waals surface area contributed by atoms with Crippen LogP contribution >= 0.6 is 0 Å². The number of aryl methyl sites for hydroxylation is 2.